The topological polar surface area (TPSA) is 29.3 Å². The number of hydrogen-bond donors (Lipinski definition) is 0. The molecule has 3 rings (SSSR count). The molecule has 1 heterocycles. The van der Waals surface area contributed by atoms with Gasteiger partial charge >= 0.3 is 0 Å². The molecule has 0 aliphatic heterocycles. The van der Waals surface area contributed by atoms with Gasteiger partial charge in [-0.05, 0) is 12.1 Å². The number of nitrogens with zero attached hydrogens (tertiary/aromatic N) is 2. The highest BCUT2D eigenvalue weighted by atomic mass is 16.3. The number of fused-ring (bicyclic) bond motifs is 1. The van der Waals surface area contributed by atoms with Gasteiger partial charge in [-0.15, -0.1) is 0 Å². The lowest BCUT2D eigenvalue weighted by Crippen LogP contribution is -2.09. The van der Waals surface area contributed by atoms with Gasteiger partial charge in [-0.1, -0.05) is 30.3 Å². The van der Waals surface area contributed by atoms with Crippen LogP contribution in [0.4, 0.5) is 5.69 Å². The standard InChI is InChI=1S/C15H13N2O/c1-17(2)13-8-4-3-6-11(13)12-7-5-9-14-15(12)16-10-18-14/h3-9H,1-2H3. The van der Waals surface area contributed by atoms with Gasteiger partial charge in [-0.3, -0.25) is 0 Å². The molecule has 0 saturated heterocycles. The zero-order valence-electron chi connectivity index (χ0n) is 10.3. The molecule has 0 atom stereocenters. The lowest BCUT2D eigenvalue weighted by Gasteiger charge is -2.17. The average molecular weight is 237 g/mol. The maximum Gasteiger partial charge on any atom is 0.284 e. The van der Waals surface area contributed by atoms with E-state index in [0.29, 0.717) is 0 Å². The molecule has 0 bridgehead atoms. The van der Waals surface area contributed by atoms with Crippen LogP contribution in [0.15, 0.2) is 46.9 Å². The van der Waals surface area contributed by atoms with E-state index in [0.717, 1.165) is 27.9 Å². The lowest BCUT2D eigenvalue weighted by atomic mass is 10.0. The molecule has 3 heteroatoms. The predicted molar refractivity (Wildman–Crippen MR) is 72.6 cm³/mol. The van der Waals surface area contributed by atoms with Crippen LogP contribution in [0.1, 0.15) is 0 Å². The Morgan fingerprint density at radius 3 is 2.61 bits per heavy atom. The van der Waals surface area contributed by atoms with E-state index < -0.39 is 0 Å². The molecule has 0 spiro atoms. The largest absolute Gasteiger partial charge is 0.432 e. The highest BCUT2D eigenvalue weighted by Gasteiger charge is 2.11. The number of hydrogen-bond acceptors (Lipinski definition) is 3. The van der Waals surface area contributed by atoms with E-state index in [1.807, 2.05) is 38.4 Å². The Morgan fingerprint density at radius 2 is 1.78 bits per heavy atom. The van der Waals surface area contributed by atoms with Gasteiger partial charge in [0.25, 0.3) is 6.39 Å². The molecule has 89 valence electrons. The summed E-state index contributed by atoms with van der Waals surface area (Å²) in [6.07, 6.45) is 2.56. The minimum absolute atomic E-state index is 0.765. The Morgan fingerprint density at radius 1 is 1.00 bits per heavy atom. The van der Waals surface area contributed by atoms with Gasteiger partial charge in [0.2, 0.25) is 0 Å². The fourth-order valence-corrected chi connectivity index (χ4v) is 2.15. The summed E-state index contributed by atoms with van der Waals surface area (Å²) < 4.78 is 5.23. The molecule has 0 N–H and O–H groups in total. The summed E-state index contributed by atoms with van der Waals surface area (Å²) >= 11 is 0. The minimum atomic E-state index is 0.765. The summed E-state index contributed by atoms with van der Waals surface area (Å²) in [6.45, 7) is 0. The van der Waals surface area contributed by atoms with Gasteiger partial charge < -0.3 is 9.32 Å². The molecule has 0 amide bonds. The summed E-state index contributed by atoms with van der Waals surface area (Å²) in [5.41, 5.74) is 5.00. The van der Waals surface area contributed by atoms with Crippen LogP contribution in [-0.2, 0) is 0 Å². The third kappa shape index (κ3) is 1.64. The van der Waals surface area contributed by atoms with E-state index in [4.69, 9.17) is 4.42 Å². The van der Waals surface area contributed by atoms with E-state index in [2.05, 4.69) is 34.5 Å². The summed E-state index contributed by atoms with van der Waals surface area (Å²) in [5, 5.41) is 0. The fourth-order valence-electron chi connectivity index (χ4n) is 2.15. The number of rotatable bonds is 2. The van der Waals surface area contributed by atoms with Crippen LogP contribution >= 0.6 is 0 Å². The van der Waals surface area contributed by atoms with Crippen molar-refractivity contribution < 1.29 is 4.42 Å². The first-order chi connectivity index (χ1) is 8.77. The first-order valence-corrected chi connectivity index (χ1v) is 5.79. The third-order valence-corrected chi connectivity index (χ3v) is 2.99. The monoisotopic (exact) mass is 237 g/mol. The van der Waals surface area contributed by atoms with Crippen LogP contribution < -0.4 is 4.90 Å². The maximum absolute atomic E-state index is 5.23. The second kappa shape index (κ2) is 4.18. The van der Waals surface area contributed by atoms with Crippen LogP contribution in [0.25, 0.3) is 22.2 Å². The first-order valence-electron chi connectivity index (χ1n) is 5.79. The van der Waals surface area contributed by atoms with E-state index in [1.165, 1.54) is 0 Å². The molecule has 0 aliphatic rings. The number of para-hydroxylation sites is 2. The third-order valence-electron chi connectivity index (χ3n) is 2.99. The SMILES string of the molecule is CN(C)c1ccccc1-c1cccc2o[c]nc12. The van der Waals surface area contributed by atoms with Gasteiger partial charge in [0, 0.05) is 30.9 Å². The van der Waals surface area contributed by atoms with Crippen LogP contribution in [0.2, 0.25) is 0 Å². The number of oxazole rings is 1. The van der Waals surface area contributed by atoms with Gasteiger partial charge in [0.05, 0.1) is 0 Å². The molecular weight excluding hydrogens is 224 g/mol. The number of anilines is 1. The minimum Gasteiger partial charge on any atom is -0.432 e. The van der Waals surface area contributed by atoms with Crippen molar-refractivity contribution in [2.45, 2.75) is 0 Å². The van der Waals surface area contributed by atoms with E-state index in [1.54, 1.807) is 0 Å². The van der Waals surface area contributed by atoms with Crippen molar-refractivity contribution in [3.63, 3.8) is 0 Å². The molecule has 18 heavy (non-hydrogen) atoms. The van der Waals surface area contributed by atoms with E-state index >= 15 is 0 Å². The molecule has 1 aromatic heterocycles. The van der Waals surface area contributed by atoms with Crippen molar-refractivity contribution in [1.82, 2.24) is 4.98 Å². The van der Waals surface area contributed by atoms with Crippen molar-refractivity contribution in [2.24, 2.45) is 0 Å². The van der Waals surface area contributed by atoms with Gasteiger partial charge in [-0.2, -0.15) is 0 Å². The molecule has 1 radical (unpaired) electrons. The zero-order valence-corrected chi connectivity index (χ0v) is 10.3. The van der Waals surface area contributed by atoms with E-state index in [9.17, 15) is 0 Å². The van der Waals surface area contributed by atoms with Crippen molar-refractivity contribution >= 4 is 16.8 Å². The Bertz CT molecular complexity index is 686. The van der Waals surface area contributed by atoms with Gasteiger partial charge in [0.1, 0.15) is 5.52 Å². The molecule has 3 aromatic rings. The zero-order chi connectivity index (χ0) is 12.5. The van der Waals surface area contributed by atoms with Crippen molar-refractivity contribution in [3.8, 4) is 11.1 Å². The number of aromatic nitrogens is 1. The fraction of sp³-hybridized carbons (Fsp3) is 0.133. The smallest absolute Gasteiger partial charge is 0.284 e. The predicted octanol–water partition coefficient (Wildman–Crippen LogP) is 3.36. The second-order valence-corrected chi connectivity index (χ2v) is 4.37. The van der Waals surface area contributed by atoms with Crippen molar-refractivity contribution in [3.05, 3.63) is 48.9 Å². The Balaban J connectivity index is 2.29. The van der Waals surface area contributed by atoms with Crippen LogP contribution in [-0.4, -0.2) is 19.1 Å². The van der Waals surface area contributed by atoms with Gasteiger partial charge in [0.15, 0.2) is 5.58 Å². The summed E-state index contributed by atoms with van der Waals surface area (Å²) in [6, 6.07) is 14.2. The molecule has 3 nitrogen and oxygen atoms in total. The van der Waals surface area contributed by atoms with Crippen LogP contribution in [0, 0.1) is 6.39 Å². The molecular formula is C15H13N2O. The lowest BCUT2D eigenvalue weighted by molar-refractivity contribution is 0.591. The van der Waals surface area contributed by atoms with Gasteiger partial charge in [-0.25, -0.2) is 4.98 Å². The Labute approximate surface area is 106 Å². The normalized spacial score (nSPS) is 10.8. The van der Waals surface area contributed by atoms with Crippen molar-refractivity contribution in [2.75, 3.05) is 19.0 Å². The average Bonchev–Trinajstić information content (AvgIpc) is 2.86. The molecule has 0 fully saturated rings. The number of benzene rings is 2. The Kier molecular flexibility index (Phi) is 2.52. The molecule has 2 aromatic carbocycles. The van der Waals surface area contributed by atoms with Crippen LogP contribution in [0.5, 0.6) is 0 Å². The molecule has 0 aliphatic carbocycles. The summed E-state index contributed by atoms with van der Waals surface area (Å²) in [7, 11) is 4.07. The van der Waals surface area contributed by atoms with Crippen molar-refractivity contribution in [1.29, 1.82) is 0 Å². The highest BCUT2D eigenvalue weighted by Crippen LogP contribution is 2.33. The first kappa shape index (κ1) is 10.8. The maximum atomic E-state index is 5.23. The highest BCUT2D eigenvalue weighted by molar-refractivity contribution is 5.94. The molecule has 0 unspecified atom stereocenters. The quantitative estimate of drug-likeness (QED) is 0.684. The summed E-state index contributed by atoms with van der Waals surface area (Å²) in [5.74, 6) is 0. The molecule has 0 saturated carbocycles. The Hall–Kier alpha value is -2.29. The summed E-state index contributed by atoms with van der Waals surface area (Å²) in [4.78, 5) is 6.28. The second-order valence-electron chi connectivity index (χ2n) is 4.37. The van der Waals surface area contributed by atoms with Crippen LogP contribution in [0.3, 0.4) is 0 Å². The van der Waals surface area contributed by atoms with E-state index in [-0.39, 0.29) is 0 Å².